The van der Waals surface area contributed by atoms with Crippen LogP contribution >= 0.6 is 15.9 Å². The summed E-state index contributed by atoms with van der Waals surface area (Å²) in [6.45, 7) is 3.94. The molecular formula is C10H11BrO3. The van der Waals surface area contributed by atoms with Gasteiger partial charge in [-0.2, -0.15) is 4.89 Å². The highest BCUT2D eigenvalue weighted by molar-refractivity contribution is 9.10. The first-order chi connectivity index (χ1) is 6.65. The fourth-order valence-electron chi connectivity index (χ4n) is 1.01. The molecule has 4 heteroatoms. The van der Waals surface area contributed by atoms with Crippen molar-refractivity contribution in [2.75, 3.05) is 6.61 Å². The van der Waals surface area contributed by atoms with Crippen LogP contribution in [0.4, 0.5) is 0 Å². The third-order valence-corrected chi connectivity index (χ3v) is 2.15. The Morgan fingerprint density at radius 2 is 2.21 bits per heavy atom. The van der Waals surface area contributed by atoms with Gasteiger partial charge in [0, 0.05) is 4.47 Å². The molecule has 3 nitrogen and oxygen atoms in total. The summed E-state index contributed by atoms with van der Waals surface area (Å²) in [5, 5.41) is 0. The SMILES string of the molecule is CCOOC(=O)c1ccc(Br)cc1C. The lowest BCUT2D eigenvalue weighted by atomic mass is 10.1. The van der Waals surface area contributed by atoms with Crippen molar-refractivity contribution in [1.29, 1.82) is 0 Å². The lowest BCUT2D eigenvalue weighted by Gasteiger charge is -2.04. The lowest BCUT2D eigenvalue weighted by Crippen LogP contribution is -2.07. The second-order valence-corrected chi connectivity index (χ2v) is 3.65. The van der Waals surface area contributed by atoms with Crippen molar-refractivity contribution in [3.8, 4) is 0 Å². The van der Waals surface area contributed by atoms with Crippen LogP contribution in [0, 0.1) is 6.92 Å². The zero-order valence-electron chi connectivity index (χ0n) is 8.04. The zero-order valence-corrected chi connectivity index (χ0v) is 9.63. The van der Waals surface area contributed by atoms with Crippen LogP contribution < -0.4 is 0 Å². The Morgan fingerprint density at radius 1 is 1.50 bits per heavy atom. The van der Waals surface area contributed by atoms with Crippen molar-refractivity contribution in [3.05, 3.63) is 33.8 Å². The number of hydrogen-bond donors (Lipinski definition) is 0. The Morgan fingerprint density at radius 3 is 2.79 bits per heavy atom. The van der Waals surface area contributed by atoms with Crippen LogP contribution in [0.1, 0.15) is 22.8 Å². The van der Waals surface area contributed by atoms with Gasteiger partial charge in [0.1, 0.15) is 0 Å². The zero-order chi connectivity index (χ0) is 10.6. The van der Waals surface area contributed by atoms with E-state index in [1.807, 2.05) is 13.0 Å². The summed E-state index contributed by atoms with van der Waals surface area (Å²) in [6.07, 6.45) is 0. The molecule has 0 aliphatic rings. The van der Waals surface area contributed by atoms with Crippen molar-refractivity contribution in [3.63, 3.8) is 0 Å². The minimum Gasteiger partial charge on any atom is -0.293 e. The van der Waals surface area contributed by atoms with E-state index in [2.05, 4.69) is 25.7 Å². The minimum absolute atomic E-state index is 0.349. The van der Waals surface area contributed by atoms with Crippen molar-refractivity contribution >= 4 is 21.9 Å². The molecule has 14 heavy (non-hydrogen) atoms. The first-order valence-electron chi connectivity index (χ1n) is 4.25. The highest BCUT2D eigenvalue weighted by Gasteiger charge is 2.11. The number of benzene rings is 1. The van der Waals surface area contributed by atoms with E-state index < -0.39 is 5.97 Å². The van der Waals surface area contributed by atoms with Crippen LogP contribution in [0.2, 0.25) is 0 Å². The third kappa shape index (κ3) is 2.82. The normalized spacial score (nSPS) is 9.93. The molecule has 76 valence electrons. The molecule has 1 rings (SSSR count). The number of aryl methyl sites for hydroxylation is 1. The van der Waals surface area contributed by atoms with Gasteiger partial charge in [-0.05, 0) is 37.6 Å². The molecule has 0 saturated carbocycles. The maximum Gasteiger partial charge on any atom is 0.373 e. The highest BCUT2D eigenvalue weighted by atomic mass is 79.9. The molecule has 0 spiro atoms. The summed E-state index contributed by atoms with van der Waals surface area (Å²) in [5.41, 5.74) is 1.37. The summed E-state index contributed by atoms with van der Waals surface area (Å²) < 4.78 is 0.933. The van der Waals surface area contributed by atoms with Crippen molar-refractivity contribution < 1.29 is 14.6 Å². The molecule has 0 radical (unpaired) electrons. The van der Waals surface area contributed by atoms with E-state index in [1.54, 1.807) is 19.1 Å². The van der Waals surface area contributed by atoms with E-state index in [4.69, 9.17) is 0 Å². The predicted octanol–water partition coefficient (Wildman–Crippen LogP) is 2.87. The van der Waals surface area contributed by atoms with Gasteiger partial charge in [-0.15, -0.1) is 0 Å². The Balaban J connectivity index is 2.80. The Bertz CT molecular complexity index is 336. The Kier molecular flexibility index (Phi) is 4.10. The molecule has 0 N–H and O–H groups in total. The smallest absolute Gasteiger partial charge is 0.293 e. The van der Waals surface area contributed by atoms with Crippen molar-refractivity contribution in [2.45, 2.75) is 13.8 Å². The number of carbonyl (C=O) groups excluding carboxylic acids is 1. The molecule has 0 unspecified atom stereocenters. The topological polar surface area (TPSA) is 35.5 Å². The average Bonchev–Trinajstić information content (AvgIpc) is 2.14. The molecule has 0 aliphatic carbocycles. The highest BCUT2D eigenvalue weighted by Crippen LogP contribution is 2.16. The summed E-state index contributed by atoms with van der Waals surface area (Å²) in [7, 11) is 0. The molecule has 0 saturated heterocycles. The van der Waals surface area contributed by atoms with Crippen molar-refractivity contribution in [1.82, 2.24) is 0 Å². The fourth-order valence-corrected chi connectivity index (χ4v) is 1.49. The third-order valence-electron chi connectivity index (χ3n) is 1.66. The minimum atomic E-state index is -0.461. The molecule has 0 aliphatic heterocycles. The molecule has 1 aromatic carbocycles. The molecule has 0 amide bonds. The Hall–Kier alpha value is -0.870. The summed E-state index contributed by atoms with van der Waals surface area (Å²) in [6, 6.07) is 5.33. The van der Waals surface area contributed by atoms with Crippen LogP contribution in [0.5, 0.6) is 0 Å². The number of hydrogen-bond acceptors (Lipinski definition) is 3. The van der Waals surface area contributed by atoms with E-state index in [-0.39, 0.29) is 0 Å². The van der Waals surface area contributed by atoms with Gasteiger partial charge in [0.15, 0.2) is 0 Å². The second-order valence-electron chi connectivity index (χ2n) is 2.74. The fraction of sp³-hybridized carbons (Fsp3) is 0.300. The van der Waals surface area contributed by atoms with Crippen LogP contribution in [0.15, 0.2) is 22.7 Å². The van der Waals surface area contributed by atoms with Crippen LogP contribution in [0.25, 0.3) is 0 Å². The molecule has 1 aromatic rings. The van der Waals surface area contributed by atoms with Gasteiger partial charge < -0.3 is 0 Å². The second kappa shape index (κ2) is 5.12. The predicted molar refractivity (Wildman–Crippen MR) is 55.9 cm³/mol. The first-order valence-corrected chi connectivity index (χ1v) is 5.04. The standard InChI is InChI=1S/C10H11BrO3/c1-3-13-14-10(12)9-5-4-8(11)6-7(9)2/h4-6H,3H2,1-2H3. The molecular weight excluding hydrogens is 248 g/mol. The van der Waals surface area contributed by atoms with Gasteiger partial charge in [-0.3, -0.25) is 4.89 Å². The molecule has 0 aromatic heterocycles. The average molecular weight is 259 g/mol. The number of halogens is 1. The van der Waals surface area contributed by atoms with Gasteiger partial charge >= 0.3 is 5.97 Å². The van der Waals surface area contributed by atoms with E-state index in [9.17, 15) is 4.79 Å². The van der Waals surface area contributed by atoms with Gasteiger partial charge in [0.05, 0.1) is 12.2 Å². The van der Waals surface area contributed by atoms with Gasteiger partial charge in [-0.1, -0.05) is 15.9 Å². The van der Waals surface area contributed by atoms with Crippen molar-refractivity contribution in [2.24, 2.45) is 0 Å². The van der Waals surface area contributed by atoms with Crippen LogP contribution in [0.3, 0.4) is 0 Å². The van der Waals surface area contributed by atoms with Crippen LogP contribution in [-0.2, 0) is 9.78 Å². The van der Waals surface area contributed by atoms with E-state index in [0.29, 0.717) is 12.2 Å². The quantitative estimate of drug-likeness (QED) is 0.618. The molecule has 0 fully saturated rings. The number of carbonyl (C=O) groups is 1. The number of rotatable bonds is 3. The van der Waals surface area contributed by atoms with E-state index in [0.717, 1.165) is 10.0 Å². The monoisotopic (exact) mass is 258 g/mol. The molecule has 0 heterocycles. The summed E-state index contributed by atoms with van der Waals surface area (Å²) in [5.74, 6) is -0.461. The summed E-state index contributed by atoms with van der Waals surface area (Å²) in [4.78, 5) is 20.5. The van der Waals surface area contributed by atoms with Crippen LogP contribution in [-0.4, -0.2) is 12.6 Å². The van der Waals surface area contributed by atoms with Gasteiger partial charge in [0.2, 0.25) is 0 Å². The maximum atomic E-state index is 11.4. The maximum absolute atomic E-state index is 11.4. The molecule has 0 bridgehead atoms. The first kappa shape index (κ1) is 11.2. The van der Waals surface area contributed by atoms with E-state index in [1.165, 1.54) is 0 Å². The van der Waals surface area contributed by atoms with E-state index >= 15 is 0 Å². The lowest BCUT2D eigenvalue weighted by molar-refractivity contribution is -0.236. The van der Waals surface area contributed by atoms with Gasteiger partial charge in [0.25, 0.3) is 0 Å². The summed E-state index contributed by atoms with van der Waals surface area (Å²) >= 11 is 3.31. The molecule has 0 atom stereocenters. The largest absolute Gasteiger partial charge is 0.373 e. The Labute approximate surface area is 91.1 Å². The van der Waals surface area contributed by atoms with Gasteiger partial charge in [-0.25, -0.2) is 4.79 Å².